The molecule has 31 heavy (non-hydrogen) atoms. The summed E-state index contributed by atoms with van der Waals surface area (Å²) in [4.78, 5) is 28.7. The van der Waals surface area contributed by atoms with E-state index in [0.29, 0.717) is 42.8 Å². The topological polar surface area (TPSA) is 73.7 Å². The van der Waals surface area contributed by atoms with Crippen molar-refractivity contribution in [2.75, 3.05) is 19.8 Å². The van der Waals surface area contributed by atoms with E-state index >= 15 is 0 Å². The van der Waals surface area contributed by atoms with Gasteiger partial charge in [-0.05, 0) is 30.9 Å². The minimum absolute atomic E-state index is 0.140. The standard InChI is InChI=1S/C24H25N3O4/c28-22-19-11-5-4-10-18(19)21(25-27(22)16-17-8-2-1-3-9-17)23(29)26-13-7-6-12-20(26)24-30-14-15-31-24/h1-5,8-11,20,24H,6-7,12-16H2. The SMILES string of the molecule is O=C(c1nn(Cc2ccccc2)c(=O)c2ccccc12)N1CCCCC1C1OCCO1. The van der Waals surface area contributed by atoms with Crippen molar-refractivity contribution in [1.29, 1.82) is 0 Å². The largest absolute Gasteiger partial charge is 0.348 e. The Balaban J connectivity index is 1.57. The third kappa shape index (κ3) is 3.86. The summed E-state index contributed by atoms with van der Waals surface area (Å²) in [6, 6.07) is 16.7. The number of benzene rings is 2. The van der Waals surface area contributed by atoms with Gasteiger partial charge >= 0.3 is 0 Å². The molecule has 2 aromatic carbocycles. The second kappa shape index (κ2) is 8.61. The average Bonchev–Trinajstić information content (AvgIpc) is 3.36. The first kappa shape index (κ1) is 19.9. The molecule has 2 fully saturated rings. The molecule has 3 aromatic rings. The number of fused-ring (bicyclic) bond motifs is 1. The molecule has 0 spiro atoms. The van der Waals surface area contributed by atoms with Crippen molar-refractivity contribution in [3.8, 4) is 0 Å². The molecule has 2 aliphatic heterocycles. The zero-order valence-electron chi connectivity index (χ0n) is 17.3. The normalized spacial score (nSPS) is 19.7. The lowest BCUT2D eigenvalue weighted by Crippen LogP contribution is -2.50. The van der Waals surface area contributed by atoms with E-state index in [2.05, 4.69) is 5.10 Å². The van der Waals surface area contributed by atoms with Crippen molar-refractivity contribution in [2.24, 2.45) is 0 Å². The zero-order valence-corrected chi connectivity index (χ0v) is 17.3. The van der Waals surface area contributed by atoms with Crippen LogP contribution in [0.5, 0.6) is 0 Å². The van der Waals surface area contributed by atoms with Gasteiger partial charge in [0.05, 0.1) is 31.2 Å². The number of carbonyl (C=O) groups is 1. The fraction of sp³-hybridized carbons (Fsp3) is 0.375. The van der Waals surface area contributed by atoms with Crippen LogP contribution in [0.1, 0.15) is 35.3 Å². The van der Waals surface area contributed by atoms with Crippen LogP contribution in [0, 0.1) is 0 Å². The number of nitrogens with zero attached hydrogens (tertiary/aromatic N) is 3. The van der Waals surface area contributed by atoms with Gasteiger partial charge in [-0.2, -0.15) is 5.10 Å². The van der Waals surface area contributed by atoms with Gasteiger partial charge in [0, 0.05) is 11.9 Å². The molecule has 0 aliphatic carbocycles. The van der Waals surface area contributed by atoms with Gasteiger partial charge in [0.1, 0.15) is 0 Å². The summed E-state index contributed by atoms with van der Waals surface area (Å²) in [6.45, 7) is 2.03. The Bertz CT molecular complexity index is 1140. The number of ether oxygens (including phenoxy) is 2. The monoisotopic (exact) mass is 419 g/mol. The van der Waals surface area contributed by atoms with Crippen molar-refractivity contribution < 1.29 is 14.3 Å². The molecule has 7 heteroatoms. The summed E-state index contributed by atoms with van der Waals surface area (Å²) in [5.41, 5.74) is 1.05. The van der Waals surface area contributed by atoms with E-state index < -0.39 is 6.29 Å². The molecule has 0 saturated carbocycles. The van der Waals surface area contributed by atoms with E-state index in [4.69, 9.17) is 9.47 Å². The van der Waals surface area contributed by atoms with Gasteiger partial charge in [-0.25, -0.2) is 4.68 Å². The molecule has 0 radical (unpaired) electrons. The highest BCUT2D eigenvalue weighted by Gasteiger charge is 2.37. The fourth-order valence-electron chi connectivity index (χ4n) is 4.48. The molecule has 1 atom stereocenters. The lowest BCUT2D eigenvalue weighted by molar-refractivity contribution is -0.100. The Kier molecular flexibility index (Phi) is 5.53. The first-order valence-corrected chi connectivity index (χ1v) is 10.8. The molecular weight excluding hydrogens is 394 g/mol. The summed E-state index contributed by atoms with van der Waals surface area (Å²) in [5, 5.41) is 5.64. The van der Waals surface area contributed by atoms with Crippen LogP contribution in [0.15, 0.2) is 59.4 Å². The number of aromatic nitrogens is 2. The number of piperidine rings is 1. The molecule has 2 aliphatic rings. The van der Waals surface area contributed by atoms with E-state index in [1.54, 1.807) is 12.1 Å². The van der Waals surface area contributed by atoms with Crippen LogP contribution in [0.25, 0.3) is 10.8 Å². The van der Waals surface area contributed by atoms with Crippen molar-refractivity contribution in [3.05, 3.63) is 76.2 Å². The van der Waals surface area contributed by atoms with Crippen LogP contribution >= 0.6 is 0 Å². The van der Waals surface area contributed by atoms with E-state index in [1.807, 2.05) is 47.4 Å². The molecule has 3 heterocycles. The number of hydrogen-bond donors (Lipinski definition) is 0. The van der Waals surface area contributed by atoms with Gasteiger partial charge < -0.3 is 14.4 Å². The summed E-state index contributed by atoms with van der Waals surface area (Å²) in [6.07, 6.45) is 2.39. The Morgan fingerprint density at radius 2 is 1.68 bits per heavy atom. The Labute approximate surface area is 180 Å². The molecule has 5 rings (SSSR count). The number of rotatable bonds is 4. The van der Waals surface area contributed by atoms with Crippen LogP contribution in [-0.2, 0) is 16.0 Å². The molecule has 160 valence electrons. The minimum atomic E-state index is -0.397. The molecule has 0 bridgehead atoms. The number of likely N-dealkylation sites (tertiary alicyclic amines) is 1. The maximum absolute atomic E-state index is 13.7. The van der Waals surface area contributed by atoms with E-state index in [1.165, 1.54) is 4.68 Å². The number of hydrogen-bond acceptors (Lipinski definition) is 5. The van der Waals surface area contributed by atoms with Crippen LogP contribution in [0.4, 0.5) is 0 Å². The van der Waals surface area contributed by atoms with Gasteiger partial charge in [-0.3, -0.25) is 9.59 Å². The molecule has 1 unspecified atom stereocenters. The quantitative estimate of drug-likeness (QED) is 0.650. The maximum Gasteiger partial charge on any atom is 0.275 e. The highest BCUT2D eigenvalue weighted by molar-refractivity contribution is 6.05. The molecule has 0 N–H and O–H groups in total. The minimum Gasteiger partial charge on any atom is -0.348 e. The molecule has 1 amide bonds. The summed E-state index contributed by atoms with van der Waals surface area (Å²) < 4.78 is 12.8. The Morgan fingerprint density at radius 3 is 2.45 bits per heavy atom. The molecule has 2 saturated heterocycles. The highest BCUT2D eigenvalue weighted by atomic mass is 16.7. The third-order valence-corrected chi connectivity index (χ3v) is 6.02. The van der Waals surface area contributed by atoms with Crippen molar-refractivity contribution in [3.63, 3.8) is 0 Å². The van der Waals surface area contributed by atoms with Crippen LogP contribution < -0.4 is 5.56 Å². The maximum atomic E-state index is 13.7. The predicted molar refractivity (Wildman–Crippen MR) is 116 cm³/mol. The van der Waals surface area contributed by atoms with Crippen LogP contribution in [-0.4, -0.2) is 52.7 Å². The smallest absolute Gasteiger partial charge is 0.275 e. The molecular formula is C24H25N3O4. The predicted octanol–water partition coefficient (Wildman–Crippen LogP) is 2.81. The Hall–Kier alpha value is -3.03. The lowest BCUT2D eigenvalue weighted by Gasteiger charge is -2.37. The third-order valence-electron chi connectivity index (χ3n) is 6.02. The highest BCUT2D eigenvalue weighted by Crippen LogP contribution is 2.27. The van der Waals surface area contributed by atoms with Gasteiger partial charge in [0.15, 0.2) is 12.0 Å². The van der Waals surface area contributed by atoms with Crippen molar-refractivity contribution in [2.45, 2.75) is 38.1 Å². The number of amides is 1. The second-order valence-corrected chi connectivity index (χ2v) is 8.01. The molecule has 7 nitrogen and oxygen atoms in total. The summed E-state index contributed by atoms with van der Waals surface area (Å²) in [7, 11) is 0. The first-order chi connectivity index (χ1) is 15.2. The lowest BCUT2D eigenvalue weighted by atomic mass is 10.00. The average molecular weight is 419 g/mol. The fourth-order valence-corrected chi connectivity index (χ4v) is 4.48. The van der Waals surface area contributed by atoms with Gasteiger partial charge in [-0.15, -0.1) is 0 Å². The summed E-state index contributed by atoms with van der Waals surface area (Å²) >= 11 is 0. The van der Waals surface area contributed by atoms with Gasteiger partial charge in [0.2, 0.25) is 0 Å². The Morgan fingerprint density at radius 1 is 0.968 bits per heavy atom. The van der Waals surface area contributed by atoms with Crippen molar-refractivity contribution >= 4 is 16.7 Å². The van der Waals surface area contributed by atoms with E-state index in [0.717, 1.165) is 24.8 Å². The first-order valence-electron chi connectivity index (χ1n) is 10.8. The number of carbonyl (C=O) groups excluding carboxylic acids is 1. The molecule has 1 aromatic heterocycles. The second-order valence-electron chi connectivity index (χ2n) is 8.01. The van der Waals surface area contributed by atoms with E-state index in [9.17, 15) is 9.59 Å². The van der Waals surface area contributed by atoms with Gasteiger partial charge in [0.25, 0.3) is 11.5 Å². The van der Waals surface area contributed by atoms with Crippen molar-refractivity contribution in [1.82, 2.24) is 14.7 Å². The zero-order chi connectivity index (χ0) is 21.2. The summed E-state index contributed by atoms with van der Waals surface area (Å²) in [5.74, 6) is -0.179. The van der Waals surface area contributed by atoms with Gasteiger partial charge in [-0.1, -0.05) is 48.5 Å². The van der Waals surface area contributed by atoms with E-state index in [-0.39, 0.29) is 17.5 Å². The van der Waals surface area contributed by atoms with Crippen LogP contribution in [0.2, 0.25) is 0 Å². The van der Waals surface area contributed by atoms with Crippen LogP contribution in [0.3, 0.4) is 0 Å².